The molecule has 156 valence electrons. The van der Waals surface area contributed by atoms with E-state index in [0.717, 1.165) is 4.90 Å². The fraction of sp³-hybridized carbons (Fsp3) is 0.381. The predicted molar refractivity (Wildman–Crippen MR) is 110 cm³/mol. The van der Waals surface area contributed by atoms with Crippen LogP contribution in [0.25, 0.3) is 0 Å². The molecule has 3 heterocycles. The first-order chi connectivity index (χ1) is 14.4. The number of rotatable bonds is 4. The molecule has 9 nitrogen and oxygen atoms in total. The number of anilines is 2. The standard InChI is InChI=1S/C21H23N5O4/c1-12-17(13(2)23-21(22-12)25-8-10-30-11-9-25)24-18(27)14(3)26-19(28)15-6-4-5-7-16(15)20(26)29/h4-7,14H,8-11H2,1-3H3,(H,24,27). The zero-order chi connectivity index (χ0) is 21.4. The van der Waals surface area contributed by atoms with E-state index >= 15 is 0 Å². The molecule has 0 bridgehead atoms. The number of nitrogens with zero attached hydrogens (tertiary/aromatic N) is 4. The fourth-order valence-electron chi connectivity index (χ4n) is 3.69. The van der Waals surface area contributed by atoms with Gasteiger partial charge in [0, 0.05) is 13.1 Å². The van der Waals surface area contributed by atoms with Crippen molar-refractivity contribution in [1.29, 1.82) is 0 Å². The number of imide groups is 1. The van der Waals surface area contributed by atoms with Gasteiger partial charge in [0.2, 0.25) is 11.9 Å². The number of nitrogens with one attached hydrogen (secondary N) is 1. The molecule has 1 fully saturated rings. The van der Waals surface area contributed by atoms with Crippen molar-refractivity contribution in [2.24, 2.45) is 0 Å². The van der Waals surface area contributed by atoms with Crippen molar-refractivity contribution in [3.05, 3.63) is 46.8 Å². The Morgan fingerprint density at radius 3 is 2.10 bits per heavy atom. The van der Waals surface area contributed by atoms with Crippen molar-refractivity contribution in [3.63, 3.8) is 0 Å². The second-order valence-corrected chi connectivity index (χ2v) is 7.36. The summed E-state index contributed by atoms with van der Waals surface area (Å²) < 4.78 is 5.36. The minimum atomic E-state index is -0.977. The number of fused-ring (bicyclic) bond motifs is 1. The van der Waals surface area contributed by atoms with E-state index in [1.165, 1.54) is 6.92 Å². The maximum Gasteiger partial charge on any atom is 0.262 e. The molecular weight excluding hydrogens is 386 g/mol. The zero-order valence-corrected chi connectivity index (χ0v) is 17.1. The maximum atomic E-state index is 12.9. The van der Waals surface area contributed by atoms with Gasteiger partial charge < -0.3 is 15.0 Å². The summed E-state index contributed by atoms with van der Waals surface area (Å²) in [4.78, 5) is 50.3. The van der Waals surface area contributed by atoms with Crippen LogP contribution < -0.4 is 10.2 Å². The topological polar surface area (TPSA) is 105 Å². The Morgan fingerprint density at radius 2 is 1.57 bits per heavy atom. The van der Waals surface area contributed by atoms with Crippen molar-refractivity contribution >= 4 is 29.4 Å². The number of aryl methyl sites for hydroxylation is 2. The van der Waals surface area contributed by atoms with Crippen LogP contribution in [0.15, 0.2) is 24.3 Å². The molecule has 1 unspecified atom stereocenters. The largest absolute Gasteiger partial charge is 0.378 e. The Hall–Kier alpha value is -3.33. The molecule has 1 saturated heterocycles. The molecule has 9 heteroatoms. The van der Waals surface area contributed by atoms with Crippen molar-refractivity contribution in [1.82, 2.24) is 14.9 Å². The van der Waals surface area contributed by atoms with Gasteiger partial charge in [-0.05, 0) is 32.9 Å². The average molecular weight is 409 g/mol. The van der Waals surface area contributed by atoms with E-state index in [9.17, 15) is 14.4 Å². The minimum Gasteiger partial charge on any atom is -0.378 e. The monoisotopic (exact) mass is 409 g/mol. The lowest BCUT2D eigenvalue weighted by Crippen LogP contribution is -2.45. The highest BCUT2D eigenvalue weighted by atomic mass is 16.5. The van der Waals surface area contributed by atoms with Gasteiger partial charge >= 0.3 is 0 Å². The van der Waals surface area contributed by atoms with Gasteiger partial charge in [-0.25, -0.2) is 9.97 Å². The number of morpholine rings is 1. The second kappa shape index (κ2) is 7.83. The molecule has 2 aliphatic heterocycles. The number of hydrogen-bond acceptors (Lipinski definition) is 7. The first kappa shape index (κ1) is 20.0. The molecule has 2 aromatic rings. The Labute approximate surface area is 174 Å². The Kier molecular flexibility index (Phi) is 5.21. The second-order valence-electron chi connectivity index (χ2n) is 7.36. The van der Waals surface area contributed by atoms with E-state index < -0.39 is 23.8 Å². The molecule has 1 aromatic heterocycles. The minimum absolute atomic E-state index is 0.313. The van der Waals surface area contributed by atoms with Crippen LogP contribution in [0.4, 0.5) is 11.6 Å². The number of benzene rings is 1. The molecule has 0 radical (unpaired) electrons. The number of ether oxygens (including phenoxy) is 1. The number of carbonyl (C=O) groups excluding carboxylic acids is 3. The maximum absolute atomic E-state index is 12.9. The van der Waals surface area contributed by atoms with Crippen LogP contribution in [-0.4, -0.2) is 64.9 Å². The first-order valence-corrected chi connectivity index (χ1v) is 9.84. The molecule has 30 heavy (non-hydrogen) atoms. The smallest absolute Gasteiger partial charge is 0.262 e. The van der Waals surface area contributed by atoms with E-state index in [1.807, 2.05) is 4.90 Å². The van der Waals surface area contributed by atoms with Gasteiger partial charge in [-0.3, -0.25) is 19.3 Å². The van der Waals surface area contributed by atoms with Crippen molar-refractivity contribution < 1.29 is 19.1 Å². The highest BCUT2D eigenvalue weighted by molar-refractivity contribution is 6.23. The SMILES string of the molecule is Cc1nc(N2CCOCC2)nc(C)c1NC(=O)C(C)N1C(=O)c2ccccc2C1=O. The molecule has 3 amide bonds. The van der Waals surface area contributed by atoms with Crippen LogP contribution in [0.3, 0.4) is 0 Å². The Morgan fingerprint density at radius 1 is 1.03 bits per heavy atom. The molecule has 1 atom stereocenters. The number of hydrogen-bond donors (Lipinski definition) is 1. The van der Waals surface area contributed by atoms with Crippen molar-refractivity contribution in [3.8, 4) is 0 Å². The third-order valence-corrected chi connectivity index (χ3v) is 5.39. The van der Waals surface area contributed by atoms with Crippen LogP contribution >= 0.6 is 0 Å². The van der Waals surface area contributed by atoms with E-state index in [-0.39, 0.29) is 0 Å². The number of carbonyl (C=O) groups is 3. The Bertz CT molecular complexity index is 974. The lowest BCUT2D eigenvalue weighted by Gasteiger charge is -2.28. The summed E-state index contributed by atoms with van der Waals surface area (Å²) in [6.07, 6.45) is 0. The van der Waals surface area contributed by atoms with Gasteiger partial charge in [0.15, 0.2) is 0 Å². The zero-order valence-electron chi connectivity index (χ0n) is 17.1. The summed E-state index contributed by atoms with van der Waals surface area (Å²) >= 11 is 0. The number of amides is 3. The summed E-state index contributed by atoms with van der Waals surface area (Å²) in [6, 6.07) is 5.59. The van der Waals surface area contributed by atoms with Gasteiger partial charge in [0.1, 0.15) is 6.04 Å². The van der Waals surface area contributed by atoms with Gasteiger partial charge in [-0.2, -0.15) is 0 Å². The van der Waals surface area contributed by atoms with Crippen LogP contribution in [-0.2, 0) is 9.53 Å². The first-order valence-electron chi connectivity index (χ1n) is 9.84. The predicted octanol–water partition coefficient (Wildman–Crippen LogP) is 1.55. The van der Waals surface area contributed by atoms with E-state index in [1.54, 1.807) is 38.1 Å². The lowest BCUT2D eigenvalue weighted by molar-refractivity contribution is -0.119. The summed E-state index contributed by atoms with van der Waals surface area (Å²) in [5.74, 6) is -0.811. The summed E-state index contributed by atoms with van der Waals surface area (Å²) in [7, 11) is 0. The van der Waals surface area contributed by atoms with Gasteiger partial charge in [-0.1, -0.05) is 12.1 Å². The van der Waals surface area contributed by atoms with E-state index in [0.29, 0.717) is 60.5 Å². The van der Waals surface area contributed by atoms with Gasteiger partial charge in [0.25, 0.3) is 11.8 Å². The molecule has 2 aliphatic rings. The molecule has 0 saturated carbocycles. The molecule has 0 spiro atoms. The Balaban J connectivity index is 1.53. The van der Waals surface area contributed by atoms with Gasteiger partial charge in [-0.15, -0.1) is 0 Å². The third-order valence-electron chi connectivity index (χ3n) is 5.39. The fourth-order valence-corrected chi connectivity index (χ4v) is 3.69. The van der Waals surface area contributed by atoms with Crippen LogP contribution in [0.2, 0.25) is 0 Å². The molecule has 0 aliphatic carbocycles. The molecular formula is C21H23N5O4. The van der Waals surface area contributed by atoms with Gasteiger partial charge in [0.05, 0.1) is 41.4 Å². The molecule has 1 N–H and O–H groups in total. The molecule has 1 aromatic carbocycles. The van der Waals surface area contributed by atoms with Crippen molar-refractivity contribution in [2.75, 3.05) is 36.5 Å². The van der Waals surface area contributed by atoms with Crippen LogP contribution in [0.1, 0.15) is 39.0 Å². The lowest BCUT2D eigenvalue weighted by atomic mass is 10.1. The summed E-state index contributed by atoms with van der Waals surface area (Å²) in [5, 5.41) is 2.80. The summed E-state index contributed by atoms with van der Waals surface area (Å²) in [6.45, 7) is 7.78. The van der Waals surface area contributed by atoms with Crippen molar-refractivity contribution in [2.45, 2.75) is 26.8 Å². The van der Waals surface area contributed by atoms with Crippen LogP contribution in [0, 0.1) is 13.8 Å². The third kappa shape index (κ3) is 3.41. The number of aromatic nitrogens is 2. The van der Waals surface area contributed by atoms with Crippen LogP contribution in [0.5, 0.6) is 0 Å². The normalized spacial score (nSPS) is 17.2. The summed E-state index contributed by atoms with van der Waals surface area (Å²) in [5.41, 5.74) is 2.35. The quantitative estimate of drug-likeness (QED) is 0.764. The highest BCUT2D eigenvalue weighted by Crippen LogP contribution is 2.26. The highest BCUT2D eigenvalue weighted by Gasteiger charge is 2.40. The molecule has 4 rings (SSSR count). The van der Waals surface area contributed by atoms with E-state index in [2.05, 4.69) is 15.3 Å². The average Bonchev–Trinajstić information content (AvgIpc) is 3.01. The van der Waals surface area contributed by atoms with E-state index in [4.69, 9.17) is 4.74 Å².